The van der Waals surface area contributed by atoms with E-state index in [1.807, 2.05) is 12.1 Å². The summed E-state index contributed by atoms with van der Waals surface area (Å²) >= 11 is 0. The minimum absolute atomic E-state index is 0.00490. The van der Waals surface area contributed by atoms with E-state index in [1.165, 1.54) is 12.1 Å². The van der Waals surface area contributed by atoms with Gasteiger partial charge in [-0.2, -0.15) is 0 Å². The molecule has 7 rings (SSSR count). The highest BCUT2D eigenvalue weighted by atomic mass is 19.4. The second kappa shape index (κ2) is 10.9. The molecular formula is C32H30F3N3O5. The van der Waals surface area contributed by atoms with Gasteiger partial charge in [-0.15, -0.1) is 13.2 Å². The van der Waals surface area contributed by atoms with Crippen molar-refractivity contribution in [3.63, 3.8) is 0 Å². The number of fused-ring (bicyclic) bond motifs is 3. The van der Waals surface area contributed by atoms with Crippen molar-refractivity contribution in [3.8, 4) is 17.0 Å². The van der Waals surface area contributed by atoms with Crippen molar-refractivity contribution in [3.05, 3.63) is 71.5 Å². The number of carboxylic acids is 1. The van der Waals surface area contributed by atoms with Crippen molar-refractivity contribution in [2.75, 3.05) is 5.32 Å². The molecule has 224 valence electrons. The van der Waals surface area contributed by atoms with E-state index in [1.54, 1.807) is 30.3 Å². The van der Waals surface area contributed by atoms with Crippen LogP contribution in [-0.4, -0.2) is 39.7 Å². The minimum Gasteiger partial charge on any atom is -0.478 e. The summed E-state index contributed by atoms with van der Waals surface area (Å²) in [4.78, 5) is 16.1. The summed E-state index contributed by atoms with van der Waals surface area (Å²) in [5, 5.41) is 18.0. The number of alkyl halides is 3. The van der Waals surface area contributed by atoms with Crippen LogP contribution in [-0.2, 0) is 11.3 Å². The number of para-hydroxylation sites is 1. The number of aromatic carboxylic acids is 1. The molecular weight excluding hydrogens is 563 g/mol. The van der Waals surface area contributed by atoms with Crippen molar-refractivity contribution in [1.82, 2.24) is 10.1 Å². The number of ether oxygens (including phenoxy) is 2. The molecule has 8 nitrogen and oxygen atoms in total. The highest BCUT2D eigenvalue weighted by molar-refractivity contribution is 5.93. The highest BCUT2D eigenvalue weighted by Crippen LogP contribution is 2.47. The van der Waals surface area contributed by atoms with Crippen LogP contribution in [0, 0.1) is 11.8 Å². The molecule has 0 spiro atoms. The first-order valence-corrected chi connectivity index (χ1v) is 14.6. The number of hydrogen-bond acceptors (Lipinski definition) is 7. The fraction of sp³-hybridized carbons (Fsp3) is 0.406. The molecule has 2 unspecified atom stereocenters. The molecule has 3 fully saturated rings. The van der Waals surface area contributed by atoms with Crippen LogP contribution < -0.4 is 10.1 Å². The third-order valence-electron chi connectivity index (χ3n) is 8.91. The highest BCUT2D eigenvalue weighted by Gasteiger charge is 2.44. The van der Waals surface area contributed by atoms with Crippen LogP contribution in [0.25, 0.3) is 22.2 Å². The maximum atomic E-state index is 13.1. The summed E-state index contributed by atoms with van der Waals surface area (Å²) in [5.74, 6) is 1.04. The van der Waals surface area contributed by atoms with E-state index in [0.29, 0.717) is 34.4 Å². The molecule has 43 heavy (non-hydrogen) atoms. The van der Waals surface area contributed by atoms with E-state index in [2.05, 4.69) is 15.2 Å². The monoisotopic (exact) mass is 593 g/mol. The van der Waals surface area contributed by atoms with Gasteiger partial charge in [-0.1, -0.05) is 23.4 Å². The van der Waals surface area contributed by atoms with Crippen LogP contribution in [0.1, 0.15) is 66.1 Å². The van der Waals surface area contributed by atoms with Gasteiger partial charge < -0.3 is 24.4 Å². The van der Waals surface area contributed by atoms with Gasteiger partial charge in [-0.25, -0.2) is 9.78 Å². The maximum absolute atomic E-state index is 13.1. The van der Waals surface area contributed by atoms with Gasteiger partial charge in [0.05, 0.1) is 23.8 Å². The smallest absolute Gasteiger partial charge is 0.478 e. The first kappa shape index (κ1) is 27.7. The molecule has 3 saturated carbocycles. The Morgan fingerprint density at radius 3 is 2.49 bits per heavy atom. The molecule has 3 aliphatic rings. The fourth-order valence-corrected chi connectivity index (χ4v) is 6.76. The maximum Gasteiger partial charge on any atom is 0.573 e. The van der Waals surface area contributed by atoms with E-state index in [-0.39, 0.29) is 41.5 Å². The number of aromatic nitrogens is 2. The Morgan fingerprint density at radius 1 is 1.02 bits per heavy atom. The molecule has 2 aromatic carbocycles. The van der Waals surface area contributed by atoms with Crippen LogP contribution in [0.2, 0.25) is 0 Å². The predicted octanol–water partition coefficient (Wildman–Crippen LogP) is 7.55. The summed E-state index contributed by atoms with van der Waals surface area (Å²) < 4.78 is 55.8. The number of carbonyl (C=O) groups is 1. The quantitative estimate of drug-likeness (QED) is 0.205. The zero-order valence-electron chi connectivity index (χ0n) is 23.1. The van der Waals surface area contributed by atoms with Gasteiger partial charge in [-0.3, -0.25) is 0 Å². The molecule has 3 aliphatic carbocycles. The van der Waals surface area contributed by atoms with Crippen molar-refractivity contribution < 1.29 is 37.1 Å². The number of nitrogens with one attached hydrogen (secondary N) is 1. The number of rotatable bonds is 9. The van der Waals surface area contributed by atoms with Crippen LogP contribution in [0.15, 0.2) is 59.1 Å². The summed E-state index contributed by atoms with van der Waals surface area (Å²) in [7, 11) is 0. The van der Waals surface area contributed by atoms with Gasteiger partial charge in [0.15, 0.2) is 0 Å². The standard InChI is InChI=1S/C32H30F3N3O5/c33-32(34,35)42-26-4-2-1-3-23(26)29-24(30(43-38-29)18-6-7-18)16-41-22-13-19-8-9-20(14-22)28(19)37-27-12-11-17-5-10-21(31(39)40)15-25(17)36-27/h1-5,10-12,15,18-20,22,28H,6-9,13-14,16H2,(H,36,37)(H,39,40). The van der Waals surface area contributed by atoms with E-state index < -0.39 is 12.3 Å². The van der Waals surface area contributed by atoms with E-state index in [9.17, 15) is 23.1 Å². The van der Waals surface area contributed by atoms with Crippen molar-refractivity contribution >= 4 is 22.7 Å². The Morgan fingerprint density at radius 2 is 1.77 bits per heavy atom. The Labute approximate surface area is 245 Å². The van der Waals surface area contributed by atoms with Crippen molar-refractivity contribution in [2.45, 2.75) is 69.6 Å². The number of pyridine rings is 1. The molecule has 2 atom stereocenters. The molecule has 0 radical (unpaired) electrons. The number of anilines is 1. The molecule has 2 aromatic heterocycles. The van der Waals surface area contributed by atoms with Crippen molar-refractivity contribution in [2.24, 2.45) is 11.8 Å². The van der Waals surface area contributed by atoms with Gasteiger partial charge in [0, 0.05) is 28.5 Å². The van der Waals surface area contributed by atoms with Gasteiger partial charge in [0.25, 0.3) is 0 Å². The van der Waals surface area contributed by atoms with Crippen LogP contribution in [0.5, 0.6) is 5.75 Å². The Balaban J connectivity index is 1.06. The van der Waals surface area contributed by atoms with Crippen LogP contribution in [0.3, 0.4) is 0 Å². The van der Waals surface area contributed by atoms with Crippen LogP contribution >= 0.6 is 0 Å². The minimum atomic E-state index is -4.83. The lowest BCUT2D eigenvalue weighted by atomic mass is 9.82. The molecule has 0 aliphatic heterocycles. The number of nitrogens with zero attached hydrogens (tertiary/aromatic N) is 2. The number of hydrogen-bond donors (Lipinski definition) is 2. The summed E-state index contributed by atoms with van der Waals surface area (Å²) in [6.45, 7) is 0.200. The molecule has 2 heterocycles. The molecule has 11 heteroatoms. The predicted molar refractivity (Wildman–Crippen MR) is 151 cm³/mol. The summed E-state index contributed by atoms with van der Waals surface area (Å²) in [6, 6.07) is 15.0. The molecule has 0 amide bonds. The summed E-state index contributed by atoms with van der Waals surface area (Å²) in [6.07, 6.45) is 0.879. The molecule has 2 bridgehead atoms. The molecule has 2 N–H and O–H groups in total. The fourth-order valence-electron chi connectivity index (χ4n) is 6.76. The van der Waals surface area contributed by atoms with Crippen LogP contribution in [0.4, 0.5) is 19.0 Å². The second-order valence-electron chi connectivity index (χ2n) is 11.8. The third-order valence-corrected chi connectivity index (χ3v) is 8.91. The Hall–Kier alpha value is -4.12. The summed E-state index contributed by atoms with van der Waals surface area (Å²) in [5.41, 5.74) is 2.07. The lowest BCUT2D eigenvalue weighted by Crippen LogP contribution is -2.39. The average Bonchev–Trinajstić information content (AvgIpc) is 3.69. The van der Waals surface area contributed by atoms with E-state index >= 15 is 0 Å². The van der Waals surface area contributed by atoms with E-state index in [0.717, 1.165) is 49.7 Å². The molecule has 0 saturated heterocycles. The van der Waals surface area contributed by atoms with Crippen molar-refractivity contribution in [1.29, 1.82) is 0 Å². The van der Waals surface area contributed by atoms with Gasteiger partial charge >= 0.3 is 12.3 Å². The zero-order chi connectivity index (χ0) is 29.7. The lowest BCUT2D eigenvalue weighted by molar-refractivity contribution is -0.274. The number of carboxylic acid groups (broad SMARTS) is 1. The third kappa shape index (κ3) is 5.78. The first-order valence-electron chi connectivity index (χ1n) is 14.6. The topological polar surface area (TPSA) is 107 Å². The average molecular weight is 594 g/mol. The lowest BCUT2D eigenvalue weighted by Gasteiger charge is -2.36. The van der Waals surface area contributed by atoms with E-state index in [4.69, 9.17) is 14.2 Å². The Kier molecular flexibility index (Phi) is 6.99. The van der Waals surface area contributed by atoms with Gasteiger partial charge in [-0.05, 0) is 86.8 Å². The first-order chi connectivity index (χ1) is 20.7. The SMILES string of the molecule is O=C(O)c1ccc2ccc(NC3C4CCC3CC(OCc3c(-c5ccccc5OC(F)(F)F)noc3C3CC3)C4)nc2c1. The van der Waals surface area contributed by atoms with Gasteiger partial charge in [0.2, 0.25) is 0 Å². The second-order valence-corrected chi connectivity index (χ2v) is 11.8. The van der Waals surface area contributed by atoms with Gasteiger partial charge in [0.1, 0.15) is 23.0 Å². The molecule has 4 aromatic rings. The Bertz CT molecular complexity index is 1650. The normalized spacial score (nSPS) is 23.4. The number of benzene rings is 2. The number of halogens is 3. The zero-order valence-corrected chi connectivity index (χ0v) is 23.1. The largest absolute Gasteiger partial charge is 0.573 e.